The minimum atomic E-state index is -0.405. The van der Waals surface area contributed by atoms with Crippen molar-refractivity contribution >= 4 is 11.4 Å². The van der Waals surface area contributed by atoms with Gasteiger partial charge in [0.1, 0.15) is 11.4 Å². The Morgan fingerprint density at radius 3 is 2.54 bits per heavy atom. The van der Waals surface area contributed by atoms with Crippen LogP contribution in [0.2, 0.25) is 0 Å². The number of benzene rings is 3. The molecule has 192 valence electrons. The van der Waals surface area contributed by atoms with Gasteiger partial charge in [0.05, 0.1) is 12.0 Å². The van der Waals surface area contributed by atoms with E-state index in [1.807, 2.05) is 56.3 Å². The maximum Gasteiger partial charge on any atom is 0.299 e. The number of aryl methyl sites for hydroxylation is 2. The second-order valence-electron chi connectivity index (χ2n) is 8.93. The van der Waals surface area contributed by atoms with Crippen molar-refractivity contribution in [1.82, 2.24) is 30.4 Å². The predicted molar refractivity (Wildman–Crippen MR) is 144 cm³/mol. The van der Waals surface area contributed by atoms with Crippen LogP contribution >= 0.6 is 0 Å². The molecule has 6 rings (SSSR count). The van der Waals surface area contributed by atoms with Crippen LogP contribution in [-0.2, 0) is 0 Å². The lowest BCUT2D eigenvalue weighted by Crippen LogP contribution is -2.14. The van der Waals surface area contributed by atoms with Crippen LogP contribution in [0.3, 0.4) is 0 Å². The maximum atomic E-state index is 13.5. The molecule has 0 aliphatic heterocycles. The third kappa shape index (κ3) is 4.42. The van der Waals surface area contributed by atoms with E-state index in [1.54, 1.807) is 30.3 Å². The van der Waals surface area contributed by atoms with Crippen molar-refractivity contribution < 1.29 is 9.52 Å². The first-order chi connectivity index (χ1) is 19.0. The Morgan fingerprint density at radius 2 is 1.77 bits per heavy atom. The summed E-state index contributed by atoms with van der Waals surface area (Å²) in [6, 6.07) is 21.7. The molecule has 11 heteroatoms. The summed E-state index contributed by atoms with van der Waals surface area (Å²) in [7, 11) is 0. The van der Waals surface area contributed by atoms with E-state index in [1.165, 1.54) is 10.9 Å². The number of hydrogen-bond donors (Lipinski definition) is 3. The standard InChI is InChI=1S/C28H22N8O3/c1-16-11-12-20(14-17(16)2)36-28(38)25(24(33-36)23-10-5-13-39-23)30-29-22-9-4-8-21(26(22)37)18-6-3-7-19(15-18)27-31-34-35-32-27/h3-15,33,37H,1-2H3,(H,31,32,34,35). The normalized spacial score (nSPS) is 11.4. The molecule has 0 fully saturated rings. The summed E-state index contributed by atoms with van der Waals surface area (Å²) >= 11 is 0. The fraction of sp³-hybridized carbons (Fsp3) is 0.0714. The van der Waals surface area contributed by atoms with Gasteiger partial charge in [-0.05, 0) is 77.4 Å². The topological polar surface area (TPSA) is 150 Å². The van der Waals surface area contributed by atoms with Gasteiger partial charge in [0.25, 0.3) is 5.56 Å². The Labute approximate surface area is 221 Å². The summed E-state index contributed by atoms with van der Waals surface area (Å²) in [6.45, 7) is 3.99. The molecule has 0 unspecified atom stereocenters. The number of azo groups is 1. The summed E-state index contributed by atoms with van der Waals surface area (Å²) in [5.41, 5.74) is 5.05. The molecule has 0 spiro atoms. The first-order valence-corrected chi connectivity index (χ1v) is 12.0. The molecule has 11 nitrogen and oxygen atoms in total. The van der Waals surface area contributed by atoms with E-state index in [0.717, 1.165) is 22.3 Å². The van der Waals surface area contributed by atoms with Gasteiger partial charge in [0.15, 0.2) is 23.0 Å². The first-order valence-electron chi connectivity index (χ1n) is 12.0. The number of phenols is 1. The van der Waals surface area contributed by atoms with Crippen molar-refractivity contribution in [2.45, 2.75) is 13.8 Å². The van der Waals surface area contributed by atoms with Crippen LogP contribution in [0.15, 0.2) is 98.5 Å². The van der Waals surface area contributed by atoms with Gasteiger partial charge in [0, 0.05) is 11.1 Å². The van der Waals surface area contributed by atoms with Crippen molar-refractivity contribution in [1.29, 1.82) is 0 Å². The number of para-hydroxylation sites is 1. The van der Waals surface area contributed by atoms with Crippen molar-refractivity contribution in [3.63, 3.8) is 0 Å². The molecule has 0 radical (unpaired) electrons. The number of phenolic OH excluding ortho intramolecular Hbond substituents is 1. The maximum absolute atomic E-state index is 13.5. The lowest BCUT2D eigenvalue weighted by atomic mass is 10.0. The smallest absolute Gasteiger partial charge is 0.299 e. The van der Waals surface area contributed by atoms with Gasteiger partial charge in [-0.1, -0.05) is 36.4 Å². The zero-order valence-corrected chi connectivity index (χ0v) is 21.0. The summed E-state index contributed by atoms with van der Waals surface area (Å²) in [5.74, 6) is 0.851. The van der Waals surface area contributed by atoms with Gasteiger partial charge >= 0.3 is 0 Å². The Hall–Kier alpha value is -5.58. The Balaban J connectivity index is 1.41. The molecule has 0 amide bonds. The van der Waals surface area contributed by atoms with Gasteiger partial charge < -0.3 is 9.52 Å². The fourth-order valence-electron chi connectivity index (χ4n) is 4.22. The highest BCUT2D eigenvalue weighted by Crippen LogP contribution is 2.39. The van der Waals surface area contributed by atoms with E-state index < -0.39 is 5.56 Å². The fourth-order valence-corrected chi connectivity index (χ4v) is 4.22. The summed E-state index contributed by atoms with van der Waals surface area (Å²) in [6.07, 6.45) is 1.51. The monoisotopic (exact) mass is 518 g/mol. The molecule has 0 atom stereocenters. The molecule has 0 saturated carbocycles. The van der Waals surface area contributed by atoms with Crippen LogP contribution in [0.5, 0.6) is 5.75 Å². The Kier molecular flexibility index (Phi) is 5.92. The average molecular weight is 519 g/mol. The SMILES string of the molecule is Cc1ccc(-n2[nH]c(-c3ccco3)c(N=Nc3cccc(-c4cccc(-c5nnn[nH]5)c4)c3O)c2=O)cc1C. The lowest BCUT2D eigenvalue weighted by Gasteiger charge is -2.07. The van der Waals surface area contributed by atoms with Crippen LogP contribution < -0.4 is 5.56 Å². The molecule has 3 aromatic heterocycles. The van der Waals surface area contributed by atoms with Gasteiger partial charge in [-0.25, -0.2) is 9.78 Å². The number of rotatable bonds is 6. The molecule has 0 aliphatic rings. The third-order valence-corrected chi connectivity index (χ3v) is 6.45. The van der Waals surface area contributed by atoms with Crippen molar-refractivity contribution in [2.75, 3.05) is 0 Å². The number of H-pyrrole nitrogens is 2. The van der Waals surface area contributed by atoms with Crippen LogP contribution in [0.4, 0.5) is 11.4 Å². The van der Waals surface area contributed by atoms with E-state index in [9.17, 15) is 9.90 Å². The molecule has 3 aromatic carbocycles. The minimum absolute atomic E-state index is 0.0489. The third-order valence-electron chi connectivity index (χ3n) is 6.45. The Bertz CT molecular complexity index is 1870. The summed E-state index contributed by atoms with van der Waals surface area (Å²) < 4.78 is 6.95. The van der Waals surface area contributed by atoms with E-state index >= 15 is 0 Å². The number of nitrogens with one attached hydrogen (secondary N) is 2. The quantitative estimate of drug-likeness (QED) is 0.230. The number of aromatic amines is 2. The van der Waals surface area contributed by atoms with Crippen molar-refractivity contribution in [2.24, 2.45) is 10.2 Å². The highest BCUT2D eigenvalue weighted by molar-refractivity contribution is 5.79. The second-order valence-corrected chi connectivity index (χ2v) is 8.93. The molecular formula is C28H22N8O3. The van der Waals surface area contributed by atoms with Crippen LogP contribution in [-0.4, -0.2) is 35.5 Å². The van der Waals surface area contributed by atoms with Crippen LogP contribution in [0.1, 0.15) is 11.1 Å². The van der Waals surface area contributed by atoms with E-state index in [2.05, 4.69) is 36.0 Å². The average Bonchev–Trinajstić information content (AvgIpc) is 3.72. The largest absolute Gasteiger partial charge is 0.505 e. The van der Waals surface area contributed by atoms with Gasteiger partial charge in [-0.15, -0.1) is 15.3 Å². The number of furan rings is 1. The minimum Gasteiger partial charge on any atom is -0.505 e. The van der Waals surface area contributed by atoms with Crippen LogP contribution in [0, 0.1) is 13.8 Å². The van der Waals surface area contributed by atoms with Crippen molar-refractivity contribution in [3.8, 4) is 45.4 Å². The molecule has 6 aromatic rings. The summed E-state index contributed by atoms with van der Waals surface area (Å²) in [4.78, 5) is 13.5. The van der Waals surface area contributed by atoms with Crippen molar-refractivity contribution in [3.05, 3.63) is 101 Å². The molecule has 39 heavy (non-hydrogen) atoms. The second kappa shape index (κ2) is 9.71. The van der Waals surface area contributed by atoms with Crippen LogP contribution in [0.25, 0.3) is 39.7 Å². The highest BCUT2D eigenvalue weighted by atomic mass is 16.3. The van der Waals surface area contributed by atoms with E-state index in [-0.39, 0.29) is 17.1 Å². The molecule has 0 bridgehead atoms. The molecule has 3 heterocycles. The molecular weight excluding hydrogens is 496 g/mol. The Morgan fingerprint density at radius 1 is 0.923 bits per heavy atom. The zero-order valence-electron chi connectivity index (χ0n) is 21.0. The predicted octanol–water partition coefficient (Wildman–Crippen LogP) is 6.01. The van der Waals surface area contributed by atoms with Gasteiger partial charge in [-0.2, -0.15) is 0 Å². The highest BCUT2D eigenvalue weighted by Gasteiger charge is 2.20. The molecule has 0 saturated heterocycles. The number of aromatic hydroxyl groups is 1. The van der Waals surface area contributed by atoms with Gasteiger partial charge in [-0.3, -0.25) is 9.89 Å². The van der Waals surface area contributed by atoms with Gasteiger partial charge in [0.2, 0.25) is 0 Å². The lowest BCUT2D eigenvalue weighted by molar-refractivity contribution is 0.478. The molecule has 0 aliphatic carbocycles. The molecule has 3 N–H and O–H groups in total. The van der Waals surface area contributed by atoms with E-state index in [4.69, 9.17) is 4.42 Å². The number of nitrogens with zero attached hydrogens (tertiary/aromatic N) is 6. The first kappa shape index (κ1) is 23.8. The number of tetrazole rings is 1. The summed E-state index contributed by atoms with van der Waals surface area (Å²) in [5, 5.41) is 36.6. The van der Waals surface area contributed by atoms with E-state index in [0.29, 0.717) is 28.5 Å². The zero-order chi connectivity index (χ0) is 26.9. The number of aromatic nitrogens is 6. The number of hydrogen-bond acceptors (Lipinski definition) is 8.